The molecule has 1 aliphatic heterocycles. The average molecular weight is 429 g/mol. The van der Waals surface area contributed by atoms with Crippen LogP contribution in [0.5, 0.6) is 0 Å². The third kappa shape index (κ3) is 2.80. The van der Waals surface area contributed by atoms with E-state index in [-0.39, 0.29) is 16.8 Å². The molecule has 2 saturated carbocycles. The summed E-state index contributed by atoms with van der Waals surface area (Å²) in [4.78, 5) is 25.1. The van der Waals surface area contributed by atoms with Crippen LogP contribution in [-0.4, -0.2) is 31.3 Å². The fourth-order valence-corrected chi connectivity index (χ4v) is 8.20. The summed E-state index contributed by atoms with van der Waals surface area (Å²) in [6, 6.07) is 0. The molecule has 31 heavy (non-hydrogen) atoms. The Morgan fingerprint density at radius 2 is 1.97 bits per heavy atom. The highest BCUT2D eigenvalue weighted by molar-refractivity contribution is 5.96. The summed E-state index contributed by atoms with van der Waals surface area (Å²) in [5.41, 5.74) is 1.11. The molecule has 5 nitrogen and oxygen atoms in total. The molecule has 5 rings (SSSR count). The van der Waals surface area contributed by atoms with E-state index in [0.717, 1.165) is 50.7 Å². The SMILES string of the molecule is CCOC(=O)[C@H]1C[C@@]2(CC[C@@H]3[C@H]4CC=C5C=C(OC)CC[C@]5(C)[C@@H]4CC[C@@]32C)OC1=O. The maximum Gasteiger partial charge on any atom is 0.321 e. The van der Waals surface area contributed by atoms with Crippen molar-refractivity contribution in [3.63, 3.8) is 0 Å². The number of fused-ring (bicyclic) bond motifs is 6. The number of rotatable bonds is 3. The van der Waals surface area contributed by atoms with Crippen LogP contribution in [0.4, 0.5) is 0 Å². The van der Waals surface area contributed by atoms with Crippen LogP contribution in [0.3, 0.4) is 0 Å². The van der Waals surface area contributed by atoms with Gasteiger partial charge in [0, 0.05) is 18.3 Å². The zero-order valence-corrected chi connectivity index (χ0v) is 19.4. The molecule has 0 N–H and O–H groups in total. The maximum atomic E-state index is 12.7. The lowest BCUT2D eigenvalue weighted by atomic mass is 9.47. The molecule has 0 amide bonds. The van der Waals surface area contributed by atoms with Crippen molar-refractivity contribution in [3.05, 3.63) is 23.5 Å². The molecule has 1 heterocycles. The highest BCUT2D eigenvalue weighted by Gasteiger charge is 2.69. The monoisotopic (exact) mass is 428 g/mol. The molecule has 5 heteroatoms. The first kappa shape index (κ1) is 21.1. The van der Waals surface area contributed by atoms with E-state index in [2.05, 4.69) is 26.0 Å². The molecule has 3 fully saturated rings. The van der Waals surface area contributed by atoms with Crippen molar-refractivity contribution >= 4 is 11.9 Å². The first-order valence-corrected chi connectivity index (χ1v) is 12.1. The largest absolute Gasteiger partial charge is 0.501 e. The second-order valence-corrected chi connectivity index (χ2v) is 10.9. The summed E-state index contributed by atoms with van der Waals surface area (Å²) >= 11 is 0. The predicted molar refractivity (Wildman–Crippen MR) is 116 cm³/mol. The Morgan fingerprint density at radius 1 is 1.19 bits per heavy atom. The minimum absolute atomic E-state index is 0.0605. The van der Waals surface area contributed by atoms with Gasteiger partial charge in [0.1, 0.15) is 5.60 Å². The molecule has 4 aliphatic carbocycles. The van der Waals surface area contributed by atoms with Gasteiger partial charge in [0.05, 0.1) is 19.5 Å². The Hall–Kier alpha value is -1.78. The Kier molecular flexibility index (Phi) is 4.84. The summed E-state index contributed by atoms with van der Waals surface area (Å²) in [5.74, 6) is 1.38. The van der Waals surface area contributed by atoms with Gasteiger partial charge in [0.15, 0.2) is 5.92 Å². The molecule has 7 atom stereocenters. The number of ether oxygens (including phenoxy) is 3. The zero-order chi connectivity index (χ0) is 22.0. The lowest BCUT2D eigenvalue weighted by Crippen LogP contribution is -2.54. The van der Waals surface area contributed by atoms with E-state index in [0.29, 0.717) is 30.8 Å². The van der Waals surface area contributed by atoms with Crippen molar-refractivity contribution < 1.29 is 23.8 Å². The Balaban J connectivity index is 1.43. The number of hydrogen-bond donors (Lipinski definition) is 0. The van der Waals surface area contributed by atoms with Gasteiger partial charge >= 0.3 is 11.9 Å². The number of esters is 2. The van der Waals surface area contributed by atoms with Crippen LogP contribution < -0.4 is 0 Å². The van der Waals surface area contributed by atoms with Gasteiger partial charge in [-0.2, -0.15) is 0 Å². The quantitative estimate of drug-likeness (QED) is 0.470. The lowest BCUT2D eigenvalue weighted by Gasteiger charge is -2.58. The van der Waals surface area contributed by atoms with Gasteiger partial charge in [-0.1, -0.05) is 19.9 Å². The molecule has 0 aromatic rings. The normalized spacial score (nSPS) is 45.7. The van der Waals surface area contributed by atoms with Gasteiger partial charge in [-0.05, 0) is 80.3 Å². The molecule has 0 bridgehead atoms. The van der Waals surface area contributed by atoms with E-state index in [1.807, 2.05) is 0 Å². The first-order chi connectivity index (χ1) is 14.8. The van der Waals surface area contributed by atoms with Crippen molar-refractivity contribution in [1.29, 1.82) is 0 Å². The van der Waals surface area contributed by atoms with Crippen LogP contribution in [0.2, 0.25) is 0 Å². The van der Waals surface area contributed by atoms with E-state index in [4.69, 9.17) is 14.2 Å². The molecular weight excluding hydrogens is 392 g/mol. The molecule has 170 valence electrons. The molecule has 0 radical (unpaired) electrons. The highest BCUT2D eigenvalue weighted by atomic mass is 16.6. The third-order valence-corrected chi connectivity index (χ3v) is 9.97. The second kappa shape index (κ2) is 7.11. The fourth-order valence-electron chi connectivity index (χ4n) is 8.20. The molecule has 0 aromatic carbocycles. The molecule has 5 aliphatic rings. The minimum atomic E-state index is -0.750. The van der Waals surface area contributed by atoms with Crippen molar-refractivity contribution in [3.8, 4) is 0 Å². The van der Waals surface area contributed by atoms with Crippen LogP contribution in [0.15, 0.2) is 23.5 Å². The van der Waals surface area contributed by atoms with Crippen molar-refractivity contribution in [2.75, 3.05) is 13.7 Å². The highest BCUT2D eigenvalue weighted by Crippen LogP contribution is 2.69. The van der Waals surface area contributed by atoms with Gasteiger partial charge in [0.25, 0.3) is 0 Å². The van der Waals surface area contributed by atoms with Gasteiger partial charge in [0.2, 0.25) is 0 Å². The smallest absolute Gasteiger partial charge is 0.321 e. The van der Waals surface area contributed by atoms with Crippen LogP contribution in [0.1, 0.15) is 72.1 Å². The van der Waals surface area contributed by atoms with Crippen molar-refractivity contribution in [2.24, 2.45) is 34.5 Å². The maximum absolute atomic E-state index is 12.7. The molecule has 1 saturated heterocycles. The van der Waals surface area contributed by atoms with Gasteiger partial charge in [-0.3, -0.25) is 9.59 Å². The van der Waals surface area contributed by atoms with Crippen LogP contribution in [-0.2, 0) is 23.8 Å². The van der Waals surface area contributed by atoms with Crippen molar-refractivity contribution in [1.82, 2.24) is 0 Å². The fraction of sp³-hybridized carbons (Fsp3) is 0.769. The van der Waals surface area contributed by atoms with E-state index < -0.39 is 17.5 Å². The topological polar surface area (TPSA) is 61.8 Å². The van der Waals surface area contributed by atoms with E-state index in [9.17, 15) is 9.59 Å². The van der Waals surface area contributed by atoms with E-state index in [1.54, 1.807) is 14.0 Å². The second-order valence-electron chi connectivity index (χ2n) is 10.9. The number of hydrogen-bond acceptors (Lipinski definition) is 5. The van der Waals surface area contributed by atoms with Gasteiger partial charge < -0.3 is 14.2 Å². The Bertz CT molecular complexity index is 858. The number of methoxy groups -OCH3 is 1. The number of carbonyl (C=O) groups is 2. The van der Waals surface area contributed by atoms with Crippen LogP contribution >= 0.6 is 0 Å². The zero-order valence-electron chi connectivity index (χ0n) is 19.4. The van der Waals surface area contributed by atoms with Gasteiger partial charge in [-0.15, -0.1) is 0 Å². The summed E-state index contributed by atoms with van der Waals surface area (Å²) < 4.78 is 16.9. The molecular formula is C26H36O5. The Morgan fingerprint density at radius 3 is 2.71 bits per heavy atom. The number of carbonyl (C=O) groups excluding carboxylic acids is 2. The van der Waals surface area contributed by atoms with Crippen molar-refractivity contribution in [2.45, 2.75) is 77.7 Å². The average Bonchev–Trinajstić information content (AvgIpc) is 3.24. The lowest BCUT2D eigenvalue weighted by molar-refractivity contribution is -0.169. The third-order valence-electron chi connectivity index (χ3n) is 9.97. The summed E-state index contributed by atoms with van der Waals surface area (Å²) in [7, 11) is 1.77. The standard InChI is InChI=1S/C26H36O5/c1-5-30-22(27)19-15-26(31-23(19)28)13-10-21-18-7-6-16-14-17(29-4)8-11-24(16,2)20(18)9-12-25(21,26)3/h6,14,18-21H,5,7-13,15H2,1-4H3/t18-,19+,20+,21+,24-,25-,26+/m0/s1. The first-order valence-electron chi connectivity index (χ1n) is 12.1. The van der Waals surface area contributed by atoms with E-state index >= 15 is 0 Å². The molecule has 1 spiro atoms. The van der Waals surface area contributed by atoms with E-state index in [1.165, 1.54) is 5.57 Å². The minimum Gasteiger partial charge on any atom is -0.501 e. The predicted octanol–water partition coefficient (Wildman–Crippen LogP) is 4.95. The van der Waals surface area contributed by atoms with Gasteiger partial charge in [-0.25, -0.2) is 0 Å². The molecule has 0 aromatic heterocycles. The summed E-state index contributed by atoms with van der Waals surface area (Å²) in [6.07, 6.45) is 12.7. The molecule has 0 unspecified atom stereocenters. The summed E-state index contributed by atoms with van der Waals surface area (Å²) in [5, 5.41) is 0. The van der Waals surface area contributed by atoms with Crippen LogP contribution in [0.25, 0.3) is 0 Å². The summed E-state index contributed by atoms with van der Waals surface area (Å²) in [6.45, 7) is 6.88. The van der Waals surface area contributed by atoms with Crippen LogP contribution in [0, 0.1) is 34.5 Å². The number of allylic oxidation sites excluding steroid dienone is 4. The Labute approximate surface area is 185 Å².